The fourth-order valence-electron chi connectivity index (χ4n) is 1.24. The Morgan fingerprint density at radius 1 is 1.42 bits per heavy atom. The number of amides is 1. The van der Waals surface area contributed by atoms with E-state index in [-0.39, 0.29) is 11.7 Å². The van der Waals surface area contributed by atoms with Crippen molar-refractivity contribution in [1.29, 1.82) is 0 Å². The van der Waals surface area contributed by atoms with Gasteiger partial charge < -0.3 is 15.8 Å². The molecule has 0 fully saturated rings. The first-order chi connectivity index (χ1) is 8.78. The maximum absolute atomic E-state index is 11.9. The highest BCUT2D eigenvalue weighted by atomic mass is 19.4. The van der Waals surface area contributed by atoms with Crippen molar-refractivity contribution in [1.82, 2.24) is 0 Å². The number of alkyl halides is 3. The molecule has 1 aromatic rings. The zero-order valence-corrected chi connectivity index (χ0v) is 10.2. The Hall–Kier alpha value is -1.92. The Morgan fingerprint density at radius 2 is 2.00 bits per heavy atom. The van der Waals surface area contributed by atoms with Crippen molar-refractivity contribution in [2.45, 2.75) is 13.3 Å². The second-order valence-electron chi connectivity index (χ2n) is 3.88. The van der Waals surface area contributed by atoms with E-state index in [0.29, 0.717) is 12.2 Å². The zero-order chi connectivity index (χ0) is 14.5. The van der Waals surface area contributed by atoms with Crippen molar-refractivity contribution in [3.05, 3.63) is 30.7 Å². The number of anilines is 1. The molecule has 105 valence electrons. The van der Waals surface area contributed by atoms with E-state index in [0.717, 1.165) is 0 Å². The van der Waals surface area contributed by atoms with Gasteiger partial charge in [0, 0.05) is 18.2 Å². The van der Waals surface area contributed by atoms with Crippen LogP contribution in [0.2, 0.25) is 0 Å². The first kappa shape index (κ1) is 15.1. The minimum Gasteiger partial charge on any atom is -0.406 e. The first-order valence-electron chi connectivity index (χ1n) is 5.50. The average molecular weight is 275 g/mol. The number of nitrogens with one attached hydrogen (secondary N) is 1. The quantitative estimate of drug-likeness (QED) is 0.837. The average Bonchev–Trinajstić information content (AvgIpc) is 2.29. The van der Waals surface area contributed by atoms with Crippen molar-refractivity contribution < 1.29 is 22.7 Å². The Balaban J connectivity index is 2.42. The lowest BCUT2D eigenvalue weighted by Gasteiger charge is -2.11. The molecule has 0 aliphatic carbocycles. The minimum atomic E-state index is -4.69. The second-order valence-corrected chi connectivity index (χ2v) is 3.88. The SMILES string of the molecule is CC([CH]CNc1ccc(OC(F)(F)F)cc1)C(N)=O. The number of carbonyl (C=O) groups is 1. The highest BCUT2D eigenvalue weighted by Crippen LogP contribution is 2.23. The molecule has 1 radical (unpaired) electrons. The minimum absolute atomic E-state index is 0.285. The summed E-state index contributed by atoms with van der Waals surface area (Å²) in [5.74, 6) is -1.09. The van der Waals surface area contributed by atoms with Crippen LogP contribution in [0.3, 0.4) is 0 Å². The van der Waals surface area contributed by atoms with Crippen molar-refractivity contribution >= 4 is 11.6 Å². The van der Waals surface area contributed by atoms with E-state index in [2.05, 4.69) is 10.1 Å². The topological polar surface area (TPSA) is 64.3 Å². The predicted octanol–water partition coefficient (Wildman–Crippen LogP) is 2.32. The molecule has 0 aromatic heterocycles. The molecule has 0 heterocycles. The lowest BCUT2D eigenvalue weighted by molar-refractivity contribution is -0.274. The molecule has 4 nitrogen and oxygen atoms in total. The summed E-state index contributed by atoms with van der Waals surface area (Å²) in [5.41, 5.74) is 5.69. The fourth-order valence-corrected chi connectivity index (χ4v) is 1.24. The summed E-state index contributed by atoms with van der Waals surface area (Å²) < 4.78 is 39.5. The summed E-state index contributed by atoms with van der Waals surface area (Å²) in [4.78, 5) is 10.8. The van der Waals surface area contributed by atoms with Crippen LogP contribution in [-0.2, 0) is 4.79 Å². The first-order valence-corrected chi connectivity index (χ1v) is 5.50. The smallest absolute Gasteiger partial charge is 0.406 e. The van der Waals surface area contributed by atoms with Crippen LogP contribution < -0.4 is 15.8 Å². The van der Waals surface area contributed by atoms with E-state index in [9.17, 15) is 18.0 Å². The van der Waals surface area contributed by atoms with Crippen molar-refractivity contribution in [2.24, 2.45) is 11.7 Å². The number of primary amides is 1. The van der Waals surface area contributed by atoms with E-state index in [4.69, 9.17) is 5.73 Å². The van der Waals surface area contributed by atoms with Gasteiger partial charge in [0.2, 0.25) is 5.91 Å². The molecule has 1 unspecified atom stereocenters. The molecular weight excluding hydrogens is 261 g/mol. The van der Waals surface area contributed by atoms with Crippen LogP contribution in [0.15, 0.2) is 24.3 Å². The fraction of sp³-hybridized carbons (Fsp3) is 0.333. The summed E-state index contributed by atoms with van der Waals surface area (Å²) in [6.07, 6.45) is -3.03. The molecule has 0 saturated heterocycles. The van der Waals surface area contributed by atoms with Gasteiger partial charge in [-0.1, -0.05) is 6.92 Å². The second kappa shape index (κ2) is 6.31. The van der Waals surface area contributed by atoms with Gasteiger partial charge in [-0.25, -0.2) is 0 Å². The van der Waals surface area contributed by atoms with Crippen LogP contribution in [0, 0.1) is 12.3 Å². The molecule has 0 aliphatic rings. The van der Waals surface area contributed by atoms with Crippen LogP contribution in [0.25, 0.3) is 0 Å². The van der Waals surface area contributed by atoms with Gasteiger partial charge in [0.1, 0.15) is 5.75 Å². The van der Waals surface area contributed by atoms with Gasteiger partial charge in [-0.15, -0.1) is 13.2 Å². The van der Waals surface area contributed by atoms with Crippen molar-refractivity contribution in [3.8, 4) is 5.75 Å². The molecule has 1 amide bonds. The molecule has 0 saturated carbocycles. The summed E-state index contributed by atoms with van der Waals surface area (Å²) in [7, 11) is 0. The molecule has 1 aromatic carbocycles. The number of rotatable bonds is 6. The van der Waals surface area contributed by atoms with E-state index in [1.54, 1.807) is 13.3 Å². The van der Waals surface area contributed by atoms with Crippen LogP contribution in [0.1, 0.15) is 6.92 Å². The number of hydrogen-bond acceptors (Lipinski definition) is 3. The van der Waals surface area contributed by atoms with Crippen molar-refractivity contribution in [2.75, 3.05) is 11.9 Å². The van der Waals surface area contributed by atoms with Gasteiger partial charge in [-0.05, 0) is 30.7 Å². The van der Waals surface area contributed by atoms with Crippen LogP contribution >= 0.6 is 0 Å². The Kier molecular flexibility index (Phi) is 5.02. The maximum atomic E-state index is 11.9. The third-order valence-corrected chi connectivity index (χ3v) is 2.31. The van der Waals surface area contributed by atoms with Crippen LogP contribution in [0.5, 0.6) is 5.75 Å². The number of halogens is 3. The van der Waals surface area contributed by atoms with E-state index < -0.39 is 12.3 Å². The van der Waals surface area contributed by atoms with Gasteiger partial charge >= 0.3 is 6.36 Å². The van der Waals surface area contributed by atoms with Gasteiger partial charge in [0.05, 0.1) is 0 Å². The summed E-state index contributed by atoms with van der Waals surface area (Å²) >= 11 is 0. The van der Waals surface area contributed by atoms with Gasteiger partial charge in [-0.3, -0.25) is 4.79 Å². The molecular formula is C12H14F3N2O2. The number of nitrogens with two attached hydrogens (primary N) is 1. The van der Waals surface area contributed by atoms with Crippen molar-refractivity contribution in [3.63, 3.8) is 0 Å². The third kappa shape index (κ3) is 5.98. The largest absolute Gasteiger partial charge is 0.573 e. The number of ether oxygens (including phenoxy) is 1. The Bertz CT molecular complexity index is 418. The predicted molar refractivity (Wildman–Crippen MR) is 64.3 cm³/mol. The molecule has 0 aliphatic heterocycles. The normalized spacial score (nSPS) is 12.8. The zero-order valence-electron chi connectivity index (χ0n) is 10.2. The third-order valence-electron chi connectivity index (χ3n) is 2.31. The molecule has 0 bridgehead atoms. The molecule has 1 rings (SSSR count). The molecule has 0 spiro atoms. The monoisotopic (exact) mass is 275 g/mol. The molecule has 3 N–H and O–H groups in total. The number of benzene rings is 1. The summed E-state index contributed by atoms with van der Waals surface area (Å²) in [5, 5.41) is 2.92. The lowest BCUT2D eigenvalue weighted by atomic mass is 10.1. The number of carbonyl (C=O) groups excluding carboxylic acids is 1. The van der Waals surface area contributed by atoms with Crippen LogP contribution in [0.4, 0.5) is 18.9 Å². The Morgan fingerprint density at radius 3 is 2.47 bits per heavy atom. The van der Waals surface area contributed by atoms with Gasteiger partial charge in [0.25, 0.3) is 0 Å². The molecule has 7 heteroatoms. The maximum Gasteiger partial charge on any atom is 0.573 e. The number of hydrogen-bond donors (Lipinski definition) is 2. The van der Waals surface area contributed by atoms with Crippen LogP contribution in [-0.4, -0.2) is 18.8 Å². The molecule has 1 atom stereocenters. The highest BCUT2D eigenvalue weighted by Gasteiger charge is 2.30. The highest BCUT2D eigenvalue weighted by molar-refractivity contribution is 5.77. The van der Waals surface area contributed by atoms with E-state index in [1.165, 1.54) is 24.3 Å². The lowest BCUT2D eigenvalue weighted by Crippen LogP contribution is -2.23. The Labute approximate surface area is 108 Å². The summed E-state index contributed by atoms with van der Waals surface area (Å²) in [6.45, 7) is 2.04. The summed E-state index contributed by atoms with van der Waals surface area (Å²) in [6, 6.07) is 5.30. The van der Waals surface area contributed by atoms with E-state index in [1.807, 2.05) is 0 Å². The standard InChI is InChI=1S/C12H14F3N2O2/c1-8(11(16)18)6-7-17-9-2-4-10(5-3-9)19-12(13,14)15/h2-6,8,17H,7H2,1H3,(H2,16,18). The van der Waals surface area contributed by atoms with Gasteiger partial charge in [-0.2, -0.15) is 0 Å². The van der Waals surface area contributed by atoms with Gasteiger partial charge in [0.15, 0.2) is 0 Å². The van der Waals surface area contributed by atoms with E-state index >= 15 is 0 Å². The molecule has 19 heavy (non-hydrogen) atoms.